The number of anilines is 1. The Morgan fingerprint density at radius 3 is 2.64 bits per heavy atom. The van der Waals surface area contributed by atoms with Gasteiger partial charge in [0, 0.05) is 32.0 Å². The van der Waals surface area contributed by atoms with E-state index in [-0.39, 0.29) is 18.2 Å². The summed E-state index contributed by atoms with van der Waals surface area (Å²) in [7, 11) is 0. The van der Waals surface area contributed by atoms with Crippen molar-refractivity contribution in [3.8, 4) is 0 Å². The van der Waals surface area contributed by atoms with Crippen LogP contribution in [0.25, 0.3) is 0 Å². The Balaban J connectivity index is 1.46. The van der Waals surface area contributed by atoms with Crippen LogP contribution in [0, 0.1) is 0 Å². The molecule has 0 bridgehead atoms. The number of nitrogens with one attached hydrogen (secondary N) is 3. The van der Waals surface area contributed by atoms with Crippen molar-refractivity contribution in [2.45, 2.75) is 39.1 Å². The number of nitrogens with zero attached hydrogens (tertiary/aromatic N) is 3. The third kappa shape index (κ3) is 4.93. The lowest BCUT2D eigenvalue weighted by molar-refractivity contribution is -0.00546. The molecule has 3 heterocycles. The monoisotopic (exact) mass is 344 g/mol. The van der Waals surface area contributed by atoms with Gasteiger partial charge in [0.2, 0.25) is 0 Å². The topological polar surface area (TPSA) is 95.2 Å². The molecule has 8 nitrogen and oxygen atoms in total. The lowest BCUT2D eigenvalue weighted by Gasteiger charge is -2.36. The number of H-pyrrole nitrogens is 1. The number of aromatic amines is 1. The number of rotatable bonds is 5. The number of amides is 2. The Bertz CT molecular complexity index is 663. The van der Waals surface area contributed by atoms with Crippen LogP contribution in [0.2, 0.25) is 0 Å². The van der Waals surface area contributed by atoms with Crippen molar-refractivity contribution in [3.05, 3.63) is 41.9 Å². The maximum Gasteiger partial charge on any atom is 0.315 e. The zero-order valence-corrected chi connectivity index (χ0v) is 14.5. The smallest absolute Gasteiger partial charge is 0.315 e. The van der Waals surface area contributed by atoms with Crippen LogP contribution >= 0.6 is 0 Å². The van der Waals surface area contributed by atoms with Gasteiger partial charge >= 0.3 is 6.03 Å². The highest BCUT2D eigenvalue weighted by atomic mass is 16.5. The molecule has 3 N–H and O–H groups in total. The fourth-order valence-electron chi connectivity index (χ4n) is 2.88. The standard InChI is InChI=1S/C17H24N6O2/c1-12-10-23(11-13(2)25-12)16-4-3-14(7-18-16)8-19-17(24)20-9-15-5-6-21-22-15/h3-7,12-13H,8-11H2,1-2H3,(H,21,22)(H2,19,20,24)/t12-,13+. The average Bonchev–Trinajstić information content (AvgIpc) is 3.11. The van der Waals surface area contributed by atoms with Gasteiger partial charge in [-0.05, 0) is 31.5 Å². The van der Waals surface area contributed by atoms with Gasteiger partial charge in [0.1, 0.15) is 5.82 Å². The number of pyridine rings is 1. The first kappa shape index (κ1) is 17.2. The van der Waals surface area contributed by atoms with Crippen molar-refractivity contribution in [1.82, 2.24) is 25.8 Å². The van der Waals surface area contributed by atoms with Crippen LogP contribution in [0.3, 0.4) is 0 Å². The minimum absolute atomic E-state index is 0.200. The molecular weight excluding hydrogens is 320 g/mol. The van der Waals surface area contributed by atoms with E-state index in [2.05, 4.69) is 44.6 Å². The number of carbonyl (C=O) groups is 1. The molecule has 1 aliphatic heterocycles. The molecule has 25 heavy (non-hydrogen) atoms. The van der Waals surface area contributed by atoms with Crippen molar-refractivity contribution in [3.63, 3.8) is 0 Å². The second-order valence-corrected chi connectivity index (χ2v) is 6.31. The van der Waals surface area contributed by atoms with Gasteiger partial charge in [-0.2, -0.15) is 5.10 Å². The quantitative estimate of drug-likeness (QED) is 0.762. The number of hydrogen-bond acceptors (Lipinski definition) is 5. The van der Waals surface area contributed by atoms with Gasteiger partial charge in [0.15, 0.2) is 0 Å². The van der Waals surface area contributed by atoms with Gasteiger partial charge in [-0.1, -0.05) is 6.07 Å². The number of ether oxygens (including phenoxy) is 1. The van der Waals surface area contributed by atoms with Gasteiger partial charge in [0.25, 0.3) is 0 Å². The highest BCUT2D eigenvalue weighted by Crippen LogP contribution is 2.18. The Morgan fingerprint density at radius 2 is 2.00 bits per heavy atom. The van der Waals surface area contributed by atoms with E-state index in [9.17, 15) is 4.79 Å². The lowest BCUT2D eigenvalue weighted by atomic mass is 10.2. The maximum absolute atomic E-state index is 11.8. The van der Waals surface area contributed by atoms with E-state index in [1.807, 2.05) is 18.2 Å². The predicted molar refractivity (Wildman–Crippen MR) is 94.1 cm³/mol. The van der Waals surface area contributed by atoms with Gasteiger partial charge < -0.3 is 20.3 Å². The molecule has 2 amide bonds. The van der Waals surface area contributed by atoms with Gasteiger partial charge in [-0.15, -0.1) is 0 Å². The molecule has 0 aliphatic carbocycles. The first-order valence-corrected chi connectivity index (χ1v) is 8.45. The Hall–Kier alpha value is -2.61. The van der Waals surface area contributed by atoms with E-state index in [0.717, 1.165) is 30.2 Å². The number of morpholine rings is 1. The van der Waals surface area contributed by atoms with E-state index in [0.29, 0.717) is 13.1 Å². The van der Waals surface area contributed by atoms with E-state index >= 15 is 0 Å². The van der Waals surface area contributed by atoms with Gasteiger partial charge in [-0.25, -0.2) is 9.78 Å². The lowest BCUT2D eigenvalue weighted by Crippen LogP contribution is -2.45. The summed E-state index contributed by atoms with van der Waals surface area (Å²) in [5.74, 6) is 0.939. The molecule has 1 saturated heterocycles. The minimum Gasteiger partial charge on any atom is -0.372 e. The molecular formula is C17H24N6O2. The molecule has 0 saturated carbocycles. The first-order valence-electron chi connectivity index (χ1n) is 8.45. The zero-order chi connectivity index (χ0) is 17.6. The van der Waals surface area contributed by atoms with Gasteiger partial charge in [-0.3, -0.25) is 5.10 Å². The average molecular weight is 344 g/mol. The number of urea groups is 1. The number of carbonyl (C=O) groups excluding carboxylic acids is 1. The van der Waals surface area contributed by atoms with Crippen LogP contribution in [0.1, 0.15) is 25.1 Å². The van der Waals surface area contributed by atoms with Crippen molar-refractivity contribution >= 4 is 11.8 Å². The molecule has 1 aliphatic rings. The third-order valence-corrected chi connectivity index (χ3v) is 4.00. The Morgan fingerprint density at radius 1 is 1.24 bits per heavy atom. The second kappa shape index (κ2) is 7.98. The molecule has 3 rings (SSSR count). The van der Waals surface area contributed by atoms with Crippen LogP contribution < -0.4 is 15.5 Å². The summed E-state index contributed by atoms with van der Waals surface area (Å²) < 4.78 is 5.75. The fourth-order valence-corrected chi connectivity index (χ4v) is 2.88. The summed E-state index contributed by atoms with van der Waals surface area (Å²) in [6.07, 6.45) is 3.85. The summed E-state index contributed by atoms with van der Waals surface area (Å²) in [5.41, 5.74) is 1.81. The van der Waals surface area contributed by atoms with Crippen molar-refractivity contribution in [2.75, 3.05) is 18.0 Å². The second-order valence-electron chi connectivity index (χ2n) is 6.31. The third-order valence-electron chi connectivity index (χ3n) is 4.00. The Labute approximate surface area is 147 Å². The summed E-state index contributed by atoms with van der Waals surface area (Å²) in [5, 5.41) is 12.2. The normalized spacial score (nSPS) is 20.3. The summed E-state index contributed by atoms with van der Waals surface area (Å²) in [4.78, 5) is 18.5. The molecule has 0 aromatic carbocycles. The number of hydrogen-bond donors (Lipinski definition) is 3. The van der Waals surface area contributed by atoms with E-state index < -0.39 is 0 Å². The van der Waals surface area contributed by atoms with Gasteiger partial charge in [0.05, 0.1) is 24.4 Å². The van der Waals surface area contributed by atoms with Crippen molar-refractivity contribution in [2.24, 2.45) is 0 Å². The highest BCUT2D eigenvalue weighted by Gasteiger charge is 2.22. The Kier molecular flexibility index (Phi) is 5.49. The summed E-state index contributed by atoms with van der Waals surface area (Å²) in [6, 6.07) is 5.57. The van der Waals surface area contributed by atoms with E-state index in [1.165, 1.54) is 0 Å². The highest BCUT2D eigenvalue weighted by molar-refractivity contribution is 5.73. The maximum atomic E-state index is 11.8. The SMILES string of the molecule is C[C@@H]1CN(c2ccc(CNC(=O)NCc3ccn[nH]3)cn2)C[C@H](C)O1. The molecule has 2 aromatic heterocycles. The molecule has 1 fully saturated rings. The van der Waals surface area contributed by atoms with Crippen LogP contribution in [-0.2, 0) is 17.8 Å². The van der Waals surface area contributed by atoms with E-state index in [1.54, 1.807) is 12.4 Å². The molecule has 0 spiro atoms. The number of aromatic nitrogens is 3. The summed E-state index contributed by atoms with van der Waals surface area (Å²) >= 11 is 0. The van der Waals surface area contributed by atoms with E-state index in [4.69, 9.17) is 4.74 Å². The minimum atomic E-state index is -0.227. The predicted octanol–water partition coefficient (Wildman–Crippen LogP) is 1.42. The van der Waals surface area contributed by atoms with Crippen LogP contribution in [0.15, 0.2) is 30.6 Å². The van der Waals surface area contributed by atoms with Crippen LogP contribution in [0.4, 0.5) is 10.6 Å². The molecule has 0 radical (unpaired) electrons. The molecule has 134 valence electrons. The molecule has 8 heteroatoms. The van der Waals surface area contributed by atoms with Crippen LogP contribution in [-0.4, -0.2) is 46.5 Å². The zero-order valence-electron chi connectivity index (χ0n) is 14.5. The molecule has 2 atom stereocenters. The largest absolute Gasteiger partial charge is 0.372 e. The van der Waals surface area contributed by atoms with Crippen molar-refractivity contribution < 1.29 is 9.53 Å². The summed E-state index contributed by atoms with van der Waals surface area (Å²) in [6.45, 7) is 6.66. The first-order chi connectivity index (χ1) is 12.1. The fraction of sp³-hybridized carbons (Fsp3) is 0.471. The molecule has 2 aromatic rings. The molecule has 0 unspecified atom stereocenters. The van der Waals surface area contributed by atoms with Crippen molar-refractivity contribution in [1.29, 1.82) is 0 Å². The van der Waals surface area contributed by atoms with Crippen LogP contribution in [0.5, 0.6) is 0 Å².